The number of aromatic nitrogens is 1. The molecule has 0 unspecified atom stereocenters. The molecule has 0 saturated heterocycles. The summed E-state index contributed by atoms with van der Waals surface area (Å²) in [5.74, 6) is 1.41. The molecule has 3 heterocycles. The number of nitrogens with zero attached hydrogens (tertiary/aromatic N) is 3. The van der Waals surface area contributed by atoms with Crippen molar-refractivity contribution in [1.29, 1.82) is 5.26 Å². The maximum absolute atomic E-state index is 13.2. The van der Waals surface area contributed by atoms with E-state index in [1.54, 1.807) is 36.5 Å². The van der Waals surface area contributed by atoms with E-state index in [0.717, 1.165) is 0 Å². The molecule has 3 aromatic rings. The maximum atomic E-state index is 13.2. The standard InChI is InChI=1S/C21H19N3O5S/c1-3-16-5-7-21(29-16)30(25,26)24-8-9-28-19-6-4-14(10-18(19)24)15-11-20(27-2)17(12-22)23-13-15/h4-7,10-11,13H,3,8-9H2,1-2H3. The third-order valence-corrected chi connectivity index (χ3v) is 6.51. The van der Waals surface area contributed by atoms with E-state index < -0.39 is 10.0 Å². The van der Waals surface area contributed by atoms with Crippen molar-refractivity contribution >= 4 is 15.7 Å². The van der Waals surface area contributed by atoms with E-state index in [4.69, 9.17) is 19.2 Å². The fourth-order valence-electron chi connectivity index (χ4n) is 3.26. The molecule has 0 fully saturated rings. The fraction of sp³-hybridized carbons (Fsp3) is 0.238. The molecular weight excluding hydrogens is 406 g/mol. The number of hydrogen-bond donors (Lipinski definition) is 0. The number of pyridine rings is 1. The van der Waals surface area contributed by atoms with Crippen LogP contribution in [-0.4, -0.2) is 33.7 Å². The molecule has 0 radical (unpaired) electrons. The normalized spacial score (nSPS) is 13.3. The van der Waals surface area contributed by atoms with Gasteiger partial charge in [0.15, 0.2) is 11.4 Å². The van der Waals surface area contributed by atoms with Crippen molar-refractivity contribution in [2.24, 2.45) is 0 Å². The molecule has 0 amide bonds. The van der Waals surface area contributed by atoms with Crippen LogP contribution in [0.2, 0.25) is 0 Å². The fourth-order valence-corrected chi connectivity index (χ4v) is 4.65. The van der Waals surface area contributed by atoms with Crippen LogP contribution >= 0.6 is 0 Å². The van der Waals surface area contributed by atoms with Crippen LogP contribution in [0.5, 0.6) is 11.5 Å². The predicted octanol–water partition coefficient (Wildman–Crippen LogP) is 3.37. The lowest BCUT2D eigenvalue weighted by Crippen LogP contribution is -2.37. The van der Waals surface area contributed by atoms with Crippen LogP contribution in [0, 0.1) is 11.3 Å². The molecule has 0 bridgehead atoms. The highest BCUT2D eigenvalue weighted by Crippen LogP contribution is 2.39. The summed E-state index contributed by atoms with van der Waals surface area (Å²) in [7, 11) is -2.42. The molecule has 154 valence electrons. The van der Waals surface area contributed by atoms with Gasteiger partial charge in [-0.2, -0.15) is 13.7 Å². The quantitative estimate of drug-likeness (QED) is 0.617. The van der Waals surface area contributed by atoms with E-state index in [9.17, 15) is 8.42 Å². The van der Waals surface area contributed by atoms with Gasteiger partial charge in [0.05, 0.1) is 19.3 Å². The first kappa shape index (κ1) is 19.8. The lowest BCUT2D eigenvalue weighted by molar-refractivity contribution is 0.315. The van der Waals surface area contributed by atoms with Crippen LogP contribution in [0.3, 0.4) is 0 Å². The second-order valence-corrected chi connectivity index (χ2v) is 8.36. The summed E-state index contributed by atoms with van der Waals surface area (Å²) in [5.41, 5.74) is 1.99. The van der Waals surface area contributed by atoms with Crippen molar-refractivity contribution in [2.45, 2.75) is 18.4 Å². The Hall–Kier alpha value is -3.51. The summed E-state index contributed by atoms with van der Waals surface area (Å²) >= 11 is 0. The van der Waals surface area contributed by atoms with E-state index in [0.29, 0.717) is 40.5 Å². The minimum atomic E-state index is -3.88. The Balaban J connectivity index is 1.78. The Bertz CT molecular complexity index is 1240. The van der Waals surface area contributed by atoms with E-state index in [-0.39, 0.29) is 23.9 Å². The van der Waals surface area contributed by atoms with Gasteiger partial charge in [0.25, 0.3) is 10.0 Å². The highest BCUT2D eigenvalue weighted by atomic mass is 32.2. The lowest BCUT2D eigenvalue weighted by atomic mass is 10.1. The van der Waals surface area contributed by atoms with Crippen LogP contribution in [0.1, 0.15) is 18.4 Å². The number of methoxy groups -OCH3 is 1. The van der Waals surface area contributed by atoms with E-state index in [1.165, 1.54) is 17.5 Å². The molecule has 0 aliphatic carbocycles. The maximum Gasteiger partial charge on any atom is 0.298 e. The highest BCUT2D eigenvalue weighted by molar-refractivity contribution is 7.92. The number of hydrogen-bond acceptors (Lipinski definition) is 7. The highest BCUT2D eigenvalue weighted by Gasteiger charge is 2.32. The Morgan fingerprint density at radius 2 is 2.07 bits per heavy atom. The van der Waals surface area contributed by atoms with E-state index >= 15 is 0 Å². The number of fused-ring (bicyclic) bond motifs is 1. The molecule has 0 N–H and O–H groups in total. The Labute approximate surface area is 174 Å². The molecule has 8 nitrogen and oxygen atoms in total. The van der Waals surface area contributed by atoms with Crippen molar-refractivity contribution in [2.75, 3.05) is 24.6 Å². The van der Waals surface area contributed by atoms with Crippen LogP contribution in [-0.2, 0) is 16.4 Å². The number of nitriles is 1. The molecule has 9 heteroatoms. The van der Waals surface area contributed by atoms with Gasteiger partial charge in [-0.15, -0.1) is 0 Å². The first-order valence-electron chi connectivity index (χ1n) is 9.30. The van der Waals surface area contributed by atoms with Crippen LogP contribution in [0.15, 0.2) is 52.1 Å². The average Bonchev–Trinajstić information content (AvgIpc) is 3.28. The van der Waals surface area contributed by atoms with Crippen LogP contribution in [0.4, 0.5) is 5.69 Å². The zero-order valence-electron chi connectivity index (χ0n) is 16.5. The van der Waals surface area contributed by atoms with Gasteiger partial charge in [-0.1, -0.05) is 13.0 Å². The van der Waals surface area contributed by atoms with Crippen molar-refractivity contribution < 1.29 is 22.3 Å². The van der Waals surface area contributed by atoms with Gasteiger partial charge in [-0.25, -0.2) is 4.98 Å². The first-order chi connectivity index (χ1) is 14.5. The van der Waals surface area contributed by atoms with Gasteiger partial charge >= 0.3 is 0 Å². The van der Waals surface area contributed by atoms with Crippen molar-refractivity contribution in [3.8, 4) is 28.7 Å². The largest absolute Gasteiger partial charge is 0.494 e. The van der Waals surface area contributed by atoms with E-state index in [1.807, 2.05) is 13.0 Å². The summed E-state index contributed by atoms with van der Waals surface area (Å²) in [6.07, 6.45) is 2.15. The zero-order valence-corrected chi connectivity index (χ0v) is 17.3. The predicted molar refractivity (Wildman–Crippen MR) is 109 cm³/mol. The van der Waals surface area contributed by atoms with Crippen LogP contribution < -0.4 is 13.8 Å². The van der Waals surface area contributed by atoms with Gasteiger partial charge in [-0.3, -0.25) is 4.31 Å². The third-order valence-electron chi connectivity index (χ3n) is 4.82. The van der Waals surface area contributed by atoms with E-state index in [2.05, 4.69) is 4.98 Å². The van der Waals surface area contributed by atoms with Gasteiger partial charge < -0.3 is 13.9 Å². The average molecular weight is 425 g/mol. The number of anilines is 1. The molecule has 1 aliphatic rings. The lowest BCUT2D eigenvalue weighted by Gasteiger charge is -2.30. The third kappa shape index (κ3) is 3.35. The molecule has 0 spiro atoms. The summed E-state index contributed by atoms with van der Waals surface area (Å²) in [5, 5.41) is 9.03. The topological polar surface area (TPSA) is 106 Å². The molecule has 0 saturated carbocycles. The summed E-state index contributed by atoms with van der Waals surface area (Å²) in [6, 6.07) is 12.0. The minimum absolute atomic E-state index is 0.0979. The number of furan rings is 1. The Morgan fingerprint density at radius 1 is 1.23 bits per heavy atom. The molecule has 2 aromatic heterocycles. The molecule has 30 heavy (non-hydrogen) atoms. The minimum Gasteiger partial charge on any atom is -0.494 e. The zero-order chi connectivity index (χ0) is 21.3. The number of ether oxygens (including phenoxy) is 2. The van der Waals surface area contributed by atoms with Gasteiger partial charge in [-0.05, 0) is 35.9 Å². The Kier molecular flexibility index (Phi) is 5.10. The molecule has 1 aliphatic heterocycles. The van der Waals surface area contributed by atoms with Crippen LogP contribution in [0.25, 0.3) is 11.1 Å². The Morgan fingerprint density at radius 3 is 2.77 bits per heavy atom. The van der Waals surface area contributed by atoms with Crippen molar-refractivity contribution in [3.63, 3.8) is 0 Å². The molecule has 4 rings (SSSR count). The molecule has 1 aromatic carbocycles. The van der Waals surface area contributed by atoms with Gasteiger partial charge in [0.2, 0.25) is 5.09 Å². The monoisotopic (exact) mass is 425 g/mol. The summed E-state index contributed by atoms with van der Waals surface area (Å²) < 4.78 is 44.1. The number of sulfonamides is 1. The van der Waals surface area contributed by atoms with Gasteiger partial charge in [0, 0.05) is 18.2 Å². The van der Waals surface area contributed by atoms with Crippen molar-refractivity contribution in [1.82, 2.24) is 4.98 Å². The molecular formula is C21H19N3O5S. The summed E-state index contributed by atoms with van der Waals surface area (Å²) in [6.45, 7) is 2.29. The molecule has 0 atom stereocenters. The smallest absolute Gasteiger partial charge is 0.298 e. The number of benzene rings is 1. The SMILES string of the molecule is CCc1ccc(S(=O)(=O)N2CCOc3ccc(-c4cnc(C#N)c(OC)c4)cc32)o1. The second kappa shape index (κ2) is 7.72. The summed E-state index contributed by atoms with van der Waals surface area (Å²) in [4.78, 5) is 4.12. The number of aryl methyl sites for hydroxylation is 1. The van der Waals surface area contributed by atoms with Gasteiger partial charge in [0.1, 0.15) is 24.2 Å². The second-order valence-electron chi connectivity index (χ2n) is 6.57. The number of rotatable bonds is 5. The van der Waals surface area contributed by atoms with Crippen molar-refractivity contribution in [3.05, 3.63) is 54.0 Å². The first-order valence-corrected chi connectivity index (χ1v) is 10.7.